The van der Waals surface area contributed by atoms with Crippen molar-refractivity contribution in [1.82, 2.24) is 29.5 Å². The first kappa shape index (κ1) is 20.8. The van der Waals surface area contributed by atoms with E-state index in [1.54, 1.807) is 12.4 Å². The minimum Gasteiger partial charge on any atom is -0.338 e. The molecule has 0 radical (unpaired) electrons. The van der Waals surface area contributed by atoms with E-state index in [9.17, 15) is 4.79 Å². The van der Waals surface area contributed by atoms with E-state index in [2.05, 4.69) is 38.1 Å². The number of hydrogen-bond donors (Lipinski definition) is 0. The Kier molecular flexibility index (Phi) is 5.51. The van der Waals surface area contributed by atoms with Crippen LogP contribution >= 0.6 is 0 Å². The highest BCUT2D eigenvalue weighted by molar-refractivity contribution is 5.85. The molecule has 3 aromatic rings. The van der Waals surface area contributed by atoms with Gasteiger partial charge in [0.05, 0.1) is 11.1 Å². The highest BCUT2D eigenvalue weighted by Crippen LogP contribution is 2.49. The summed E-state index contributed by atoms with van der Waals surface area (Å²) in [6, 6.07) is 12.2. The number of pyridine rings is 2. The van der Waals surface area contributed by atoms with E-state index >= 15 is 0 Å². The van der Waals surface area contributed by atoms with Crippen molar-refractivity contribution in [3.8, 4) is 0 Å². The smallest absolute Gasteiger partial charge is 0.231 e. The average molecular weight is 431 g/mol. The summed E-state index contributed by atoms with van der Waals surface area (Å²) in [7, 11) is 1.98. The van der Waals surface area contributed by atoms with Gasteiger partial charge >= 0.3 is 0 Å². The zero-order valence-corrected chi connectivity index (χ0v) is 18.8. The van der Waals surface area contributed by atoms with E-state index in [1.807, 2.05) is 43.0 Å². The number of aromatic nitrogens is 4. The molecule has 2 atom stereocenters. The SMILES string of the molecule is Cc1cccc(CN2C[C@@H](c3ccnn3C)[C@@]3(CCCN(Cc4ccncc4)C3=O)C2)n1. The van der Waals surface area contributed by atoms with Gasteiger partial charge in [0.1, 0.15) is 0 Å². The Labute approximate surface area is 189 Å². The van der Waals surface area contributed by atoms with Gasteiger partial charge < -0.3 is 4.90 Å². The van der Waals surface area contributed by atoms with E-state index in [1.165, 1.54) is 0 Å². The van der Waals surface area contributed by atoms with Crippen LogP contribution in [0.3, 0.4) is 0 Å². The van der Waals surface area contributed by atoms with Crippen LogP contribution in [0.1, 0.15) is 41.4 Å². The number of likely N-dealkylation sites (tertiary alicyclic amines) is 2. The maximum absolute atomic E-state index is 14.1. The summed E-state index contributed by atoms with van der Waals surface area (Å²) >= 11 is 0. The lowest BCUT2D eigenvalue weighted by Gasteiger charge is -2.42. The lowest BCUT2D eigenvalue weighted by Crippen LogP contribution is -2.52. The van der Waals surface area contributed by atoms with Crippen LogP contribution < -0.4 is 0 Å². The molecule has 2 fully saturated rings. The molecule has 1 spiro atoms. The molecule has 0 aliphatic carbocycles. The molecule has 2 aliphatic heterocycles. The highest BCUT2D eigenvalue weighted by atomic mass is 16.2. The van der Waals surface area contributed by atoms with Crippen LogP contribution in [0.25, 0.3) is 0 Å². The van der Waals surface area contributed by atoms with Crippen LogP contribution in [0.4, 0.5) is 0 Å². The number of hydrogen-bond acceptors (Lipinski definition) is 5. The predicted octanol–water partition coefficient (Wildman–Crippen LogP) is 2.93. The molecular formula is C25H30N6O. The van der Waals surface area contributed by atoms with E-state index in [0.717, 1.165) is 61.7 Å². The summed E-state index contributed by atoms with van der Waals surface area (Å²) < 4.78 is 1.94. The van der Waals surface area contributed by atoms with Crippen molar-refractivity contribution in [3.05, 3.63) is 77.6 Å². The predicted molar refractivity (Wildman–Crippen MR) is 122 cm³/mol. The van der Waals surface area contributed by atoms with Crippen LogP contribution in [0, 0.1) is 12.3 Å². The number of nitrogens with zero attached hydrogens (tertiary/aromatic N) is 6. The monoisotopic (exact) mass is 430 g/mol. The molecule has 5 rings (SSSR count). The van der Waals surface area contributed by atoms with E-state index < -0.39 is 5.41 Å². The minimum atomic E-state index is -0.428. The molecule has 2 aliphatic rings. The topological polar surface area (TPSA) is 67.2 Å². The molecule has 7 heteroatoms. The summed E-state index contributed by atoms with van der Waals surface area (Å²) in [5.41, 5.74) is 3.92. The average Bonchev–Trinajstić information content (AvgIpc) is 3.36. The number of carbonyl (C=O) groups is 1. The van der Waals surface area contributed by atoms with Gasteiger partial charge in [-0.1, -0.05) is 6.07 Å². The van der Waals surface area contributed by atoms with Crippen molar-refractivity contribution in [2.24, 2.45) is 12.5 Å². The molecule has 32 heavy (non-hydrogen) atoms. The Morgan fingerprint density at radius 2 is 1.94 bits per heavy atom. The van der Waals surface area contributed by atoms with Crippen molar-refractivity contribution < 1.29 is 4.79 Å². The van der Waals surface area contributed by atoms with Gasteiger partial charge in [-0.2, -0.15) is 5.10 Å². The first-order valence-electron chi connectivity index (χ1n) is 11.4. The lowest BCUT2D eigenvalue weighted by molar-refractivity contribution is -0.147. The van der Waals surface area contributed by atoms with Gasteiger partial charge in [0.15, 0.2) is 0 Å². The van der Waals surface area contributed by atoms with Gasteiger partial charge in [-0.25, -0.2) is 0 Å². The molecule has 166 valence electrons. The molecule has 5 heterocycles. The minimum absolute atomic E-state index is 0.118. The summed E-state index contributed by atoms with van der Waals surface area (Å²) in [5, 5.41) is 4.43. The molecule has 0 bridgehead atoms. The fourth-order valence-corrected chi connectivity index (χ4v) is 5.58. The van der Waals surface area contributed by atoms with Crippen molar-refractivity contribution >= 4 is 5.91 Å². The first-order chi connectivity index (χ1) is 15.5. The van der Waals surface area contributed by atoms with Crippen molar-refractivity contribution in [2.45, 2.75) is 38.8 Å². The first-order valence-corrected chi connectivity index (χ1v) is 11.4. The maximum atomic E-state index is 14.1. The van der Waals surface area contributed by atoms with Crippen LogP contribution in [-0.2, 0) is 24.9 Å². The third-order valence-corrected chi connectivity index (χ3v) is 7.05. The Hall–Kier alpha value is -3.06. The largest absolute Gasteiger partial charge is 0.338 e. The van der Waals surface area contributed by atoms with Crippen molar-refractivity contribution in [1.29, 1.82) is 0 Å². The van der Waals surface area contributed by atoms with Crippen molar-refractivity contribution in [2.75, 3.05) is 19.6 Å². The van der Waals surface area contributed by atoms with Gasteiger partial charge in [-0.15, -0.1) is 0 Å². The Morgan fingerprint density at radius 3 is 2.69 bits per heavy atom. The van der Waals surface area contributed by atoms with Gasteiger partial charge in [0, 0.05) is 75.7 Å². The molecule has 7 nitrogen and oxygen atoms in total. The highest BCUT2D eigenvalue weighted by Gasteiger charge is 2.55. The normalized spacial score (nSPS) is 23.9. The standard InChI is InChI=1S/C25H30N6O/c1-19-5-3-6-21(28-19)16-30-17-22(23-9-13-27-29(23)2)25(18-30)10-4-14-31(24(25)32)15-20-7-11-26-12-8-20/h3,5-9,11-13,22H,4,10,14-18H2,1-2H3/t22-,25+/m0/s1. The zero-order valence-electron chi connectivity index (χ0n) is 18.8. The maximum Gasteiger partial charge on any atom is 0.231 e. The van der Waals surface area contributed by atoms with Crippen LogP contribution in [0.2, 0.25) is 0 Å². The second-order valence-corrected chi connectivity index (χ2v) is 9.21. The number of rotatable bonds is 5. The number of carbonyl (C=O) groups excluding carboxylic acids is 1. The fourth-order valence-electron chi connectivity index (χ4n) is 5.58. The lowest BCUT2D eigenvalue weighted by atomic mass is 9.70. The third kappa shape index (κ3) is 3.81. The number of aryl methyl sites for hydroxylation is 2. The molecule has 3 aromatic heterocycles. The van der Waals surface area contributed by atoms with E-state index in [4.69, 9.17) is 4.98 Å². The summed E-state index contributed by atoms with van der Waals surface area (Å²) in [6.45, 7) is 5.82. The van der Waals surface area contributed by atoms with Gasteiger partial charge in [0.25, 0.3) is 0 Å². The molecule has 1 amide bonds. The third-order valence-electron chi connectivity index (χ3n) is 7.05. The molecule has 0 saturated carbocycles. The molecule has 2 saturated heterocycles. The zero-order chi connectivity index (χ0) is 22.1. The van der Waals surface area contributed by atoms with Crippen LogP contribution in [-0.4, -0.2) is 55.1 Å². The van der Waals surface area contributed by atoms with E-state index in [0.29, 0.717) is 6.54 Å². The Morgan fingerprint density at radius 1 is 1.09 bits per heavy atom. The molecule has 0 unspecified atom stereocenters. The summed E-state index contributed by atoms with van der Waals surface area (Å²) in [4.78, 5) is 27.3. The van der Waals surface area contributed by atoms with Gasteiger partial charge in [-0.05, 0) is 55.7 Å². The fraction of sp³-hybridized carbons (Fsp3) is 0.440. The Balaban J connectivity index is 1.45. The molecule has 0 N–H and O–H groups in total. The molecule has 0 aromatic carbocycles. The van der Waals surface area contributed by atoms with Crippen LogP contribution in [0.5, 0.6) is 0 Å². The molecular weight excluding hydrogens is 400 g/mol. The second-order valence-electron chi connectivity index (χ2n) is 9.21. The quantitative estimate of drug-likeness (QED) is 0.623. The van der Waals surface area contributed by atoms with Crippen molar-refractivity contribution in [3.63, 3.8) is 0 Å². The van der Waals surface area contributed by atoms with Gasteiger partial charge in [0.2, 0.25) is 5.91 Å². The summed E-state index contributed by atoms with van der Waals surface area (Å²) in [6.07, 6.45) is 7.36. The second kappa shape index (κ2) is 8.47. The van der Waals surface area contributed by atoms with E-state index in [-0.39, 0.29) is 11.8 Å². The summed E-state index contributed by atoms with van der Waals surface area (Å²) in [5.74, 6) is 0.388. The van der Waals surface area contributed by atoms with Crippen LogP contribution in [0.15, 0.2) is 55.0 Å². The number of amides is 1. The Bertz CT molecular complexity index is 1100. The number of piperidine rings is 1. The van der Waals surface area contributed by atoms with Gasteiger partial charge in [-0.3, -0.25) is 24.3 Å².